The van der Waals surface area contributed by atoms with Crippen LogP contribution in [0.5, 0.6) is 0 Å². The number of nitrogens with zero attached hydrogens (tertiary/aromatic N) is 5. The van der Waals surface area contributed by atoms with Gasteiger partial charge in [0, 0.05) is 12.6 Å². The number of benzene rings is 2. The van der Waals surface area contributed by atoms with E-state index in [9.17, 15) is 4.79 Å². The van der Waals surface area contributed by atoms with Gasteiger partial charge in [-0.2, -0.15) is 0 Å². The van der Waals surface area contributed by atoms with Crippen molar-refractivity contribution in [1.29, 1.82) is 0 Å². The fourth-order valence-electron chi connectivity index (χ4n) is 4.85. The summed E-state index contributed by atoms with van der Waals surface area (Å²) in [5.41, 5.74) is 3.64. The van der Waals surface area contributed by atoms with Gasteiger partial charge in [0.15, 0.2) is 0 Å². The summed E-state index contributed by atoms with van der Waals surface area (Å²) in [4.78, 5) is 15.6. The van der Waals surface area contributed by atoms with E-state index < -0.39 is 0 Å². The van der Waals surface area contributed by atoms with Gasteiger partial charge in [-0.05, 0) is 67.7 Å². The number of aryl methyl sites for hydroxylation is 2. The highest BCUT2D eigenvalue weighted by Crippen LogP contribution is 2.35. The maximum atomic E-state index is 13.3. The van der Waals surface area contributed by atoms with Crippen molar-refractivity contribution in [3.05, 3.63) is 74.8 Å². The molecule has 166 valence electrons. The summed E-state index contributed by atoms with van der Waals surface area (Å²) < 4.78 is 6.23. The Hall–Kier alpha value is -2.77. The van der Waals surface area contributed by atoms with Crippen molar-refractivity contribution >= 4 is 28.9 Å². The molecule has 1 aliphatic rings. The molecule has 2 aromatic heterocycles. The second-order valence-corrected chi connectivity index (χ2v) is 9.59. The number of hydrogen-bond donors (Lipinski definition) is 0. The zero-order valence-electron chi connectivity index (χ0n) is 18.9. The van der Waals surface area contributed by atoms with Gasteiger partial charge in [0.05, 0.1) is 17.6 Å². The summed E-state index contributed by atoms with van der Waals surface area (Å²) in [5, 5.41) is 5.54. The summed E-state index contributed by atoms with van der Waals surface area (Å²) in [5.74, 6) is 1.12. The van der Waals surface area contributed by atoms with Gasteiger partial charge in [0.1, 0.15) is 0 Å². The lowest BCUT2D eigenvalue weighted by Gasteiger charge is -2.24. The Labute approximate surface area is 192 Å². The number of aromatic nitrogens is 4. The monoisotopic (exact) mass is 447 g/mol. The molecule has 1 aliphatic carbocycles. The van der Waals surface area contributed by atoms with E-state index in [0.29, 0.717) is 41.1 Å². The highest BCUT2D eigenvalue weighted by molar-refractivity contribution is 7.71. The van der Waals surface area contributed by atoms with Crippen molar-refractivity contribution in [2.45, 2.75) is 52.4 Å². The lowest BCUT2D eigenvalue weighted by molar-refractivity contribution is 0.182. The van der Waals surface area contributed by atoms with Crippen LogP contribution in [0.3, 0.4) is 0 Å². The molecule has 2 heterocycles. The van der Waals surface area contributed by atoms with E-state index in [1.807, 2.05) is 33.3 Å². The first kappa shape index (κ1) is 21.1. The minimum absolute atomic E-state index is 0.000949. The van der Waals surface area contributed by atoms with Crippen molar-refractivity contribution in [1.82, 2.24) is 23.6 Å². The summed E-state index contributed by atoms with van der Waals surface area (Å²) >= 11 is 5.89. The van der Waals surface area contributed by atoms with Crippen LogP contribution >= 0.6 is 12.2 Å². The first-order valence-corrected chi connectivity index (χ1v) is 11.8. The molecule has 0 fully saturated rings. The van der Waals surface area contributed by atoms with Crippen molar-refractivity contribution < 1.29 is 0 Å². The summed E-state index contributed by atoms with van der Waals surface area (Å²) in [6.07, 6.45) is 3.10. The molecule has 0 bridgehead atoms. The zero-order chi connectivity index (χ0) is 22.4. The van der Waals surface area contributed by atoms with Gasteiger partial charge in [-0.25, -0.2) is 4.68 Å². The Kier molecular flexibility index (Phi) is 5.47. The van der Waals surface area contributed by atoms with Gasteiger partial charge in [-0.1, -0.05) is 50.2 Å². The third-order valence-electron chi connectivity index (χ3n) is 6.60. The van der Waals surface area contributed by atoms with Gasteiger partial charge in [0.25, 0.3) is 5.56 Å². The first-order valence-electron chi connectivity index (χ1n) is 11.3. The molecule has 0 saturated heterocycles. The minimum atomic E-state index is -0.000949. The quantitative estimate of drug-likeness (QED) is 0.398. The second kappa shape index (κ2) is 8.30. The van der Waals surface area contributed by atoms with Crippen LogP contribution in [0.15, 0.2) is 53.3 Å². The molecule has 0 amide bonds. The van der Waals surface area contributed by atoms with E-state index >= 15 is 0 Å². The topological polar surface area (TPSA) is 47.5 Å². The molecule has 7 heteroatoms. The van der Waals surface area contributed by atoms with Gasteiger partial charge in [-0.3, -0.25) is 18.7 Å². The Morgan fingerprint density at radius 1 is 1.16 bits per heavy atom. The smallest absolute Gasteiger partial charge is 0.262 e. The Balaban J connectivity index is 1.60. The number of para-hydroxylation sites is 1. The second-order valence-electron chi connectivity index (χ2n) is 9.23. The Bertz CT molecular complexity index is 1410. The van der Waals surface area contributed by atoms with Crippen molar-refractivity contribution in [3.8, 4) is 0 Å². The molecule has 2 aromatic carbocycles. The Morgan fingerprint density at radius 2 is 1.91 bits per heavy atom. The van der Waals surface area contributed by atoms with Crippen LogP contribution in [-0.4, -0.2) is 30.7 Å². The standard InChI is InChI=1S/C25H29N5OS/c1-17(2)14-15-28-23(31)20-10-6-7-11-22(20)30-24(28)26-29(25(30)32)16-27(3)21-13-12-18-8-4-5-9-19(18)21/h4-11,17,21H,12-16H2,1-3H3. The van der Waals surface area contributed by atoms with Crippen molar-refractivity contribution in [2.24, 2.45) is 5.92 Å². The van der Waals surface area contributed by atoms with E-state index in [1.54, 1.807) is 4.57 Å². The molecule has 4 aromatic rings. The molecular formula is C25H29N5OS. The maximum Gasteiger partial charge on any atom is 0.262 e. The lowest BCUT2D eigenvalue weighted by Crippen LogP contribution is -2.26. The van der Waals surface area contributed by atoms with Crippen molar-refractivity contribution in [3.63, 3.8) is 0 Å². The van der Waals surface area contributed by atoms with Gasteiger partial charge in [-0.15, -0.1) is 5.10 Å². The average molecular weight is 448 g/mol. The van der Waals surface area contributed by atoms with Crippen LogP contribution in [0.2, 0.25) is 0 Å². The molecule has 0 N–H and O–H groups in total. The highest BCUT2D eigenvalue weighted by Gasteiger charge is 2.26. The van der Waals surface area contributed by atoms with E-state index in [0.717, 1.165) is 24.8 Å². The average Bonchev–Trinajstić information content (AvgIpc) is 3.35. The van der Waals surface area contributed by atoms with Crippen molar-refractivity contribution in [2.75, 3.05) is 7.05 Å². The minimum Gasteiger partial charge on any atom is -0.280 e. The first-order chi connectivity index (χ1) is 15.5. The summed E-state index contributed by atoms with van der Waals surface area (Å²) in [6, 6.07) is 16.7. The molecule has 0 saturated carbocycles. The molecule has 0 aliphatic heterocycles. The van der Waals surface area contributed by atoms with Gasteiger partial charge >= 0.3 is 0 Å². The molecule has 1 atom stereocenters. The molecule has 0 spiro atoms. The van der Waals surface area contributed by atoms with Crippen LogP contribution in [0, 0.1) is 10.7 Å². The predicted octanol–water partition coefficient (Wildman–Crippen LogP) is 4.80. The number of fused-ring (bicyclic) bond motifs is 4. The van der Waals surface area contributed by atoms with E-state index in [2.05, 4.69) is 50.1 Å². The van der Waals surface area contributed by atoms with Crippen LogP contribution in [0.4, 0.5) is 0 Å². The van der Waals surface area contributed by atoms with E-state index in [4.69, 9.17) is 17.3 Å². The molecule has 6 nitrogen and oxygen atoms in total. The molecule has 0 radical (unpaired) electrons. The third kappa shape index (κ3) is 3.49. The number of rotatable bonds is 6. The normalized spacial score (nSPS) is 16.0. The summed E-state index contributed by atoms with van der Waals surface area (Å²) in [6.45, 7) is 5.54. The van der Waals surface area contributed by atoms with Crippen LogP contribution in [0.1, 0.15) is 43.9 Å². The fraction of sp³-hybridized carbons (Fsp3) is 0.400. The van der Waals surface area contributed by atoms with Gasteiger partial charge < -0.3 is 0 Å². The predicted molar refractivity (Wildman–Crippen MR) is 131 cm³/mol. The zero-order valence-corrected chi connectivity index (χ0v) is 19.7. The van der Waals surface area contributed by atoms with E-state index in [-0.39, 0.29) is 5.56 Å². The molecule has 32 heavy (non-hydrogen) atoms. The highest BCUT2D eigenvalue weighted by atomic mass is 32.1. The SMILES string of the molecule is CC(C)CCn1c(=O)c2ccccc2n2c(=S)n(CN(C)C3CCc4ccccc43)nc12. The molecule has 5 rings (SSSR count). The maximum absolute atomic E-state index is 13.3. The number of hydrogen-bond acceptors (Lipinski definition) is 4. The Morgan fingerprint density at radius 3 is 2.72 bits per heavy atom. The summed E-state index contributed by atoms with van der Waals surface area (Å²) in [7, 11) is 2.13. The van der Waals surface area contributed by atoms with Crippen LogP contribution in [-0.2, 0) is 19.6 Å². The molecule has 1 unspecified atom stereocenters. The van der Waals surface area contributed by atoms with Crippen LogP contribution in [0.25, 0.3) is 16.7 Å². The molecular weight excluding hydrogens is 418 g/mol. The largest absolute Gasteiger partial charge is 0.280 e. The van der Waals surface area contributed by atoms with E-state index in [1.165, 1.54) is 11.1 Å². The third-order valence-corrected chi connectivity index (χ3v) is 7.00. The van der Waals surface area contributed by atoms with Gasteiger partial charge in [0.2, 0.25) is 10.5 Å². The van der Waals surface area contributed by atoms with Crippen LogP contribution < -0.4 is 5.56 Å². The fourth-order valence-corrected chi connectivity index (χ4v) is 5.13. The lowest BCUT2D eigenvalue weighted by atomic mass is 10.1.